The summed E-state index contributed by atoms with van der Waals surface area (Å²) in [5, 5.41) is 17.8. The van der Waals surface area contributed by atoms with Crippen LogP contribution in [0.3, 0.4) is 0 Å². The van der Waals surface area contributed by atoms with Crippen LogP contribution in [-0.4, -0.2) is 33.2 Å². The Kier molecular flexibility index (Phi) is 6.45. The number of halogens is 3. The third-order valence-electron chi connectivity index (χ3n) is 3.77. The summed E-state index contributed by atoms with van der Waals surface area (Å²) in [5.41, 5.74) is 0.475. The summed E-state index contributed by atoms with van der Waals surface area (Å²) in [5.74, 6) is 0.647. The van der Waals surface area contributed by atoms with Gasteiger partial charge in [0.2, 0.25) is 17.8 Å². The third-order valence-corrected chi connectivity index (χ3v) is 3.77. The Labute approximate surface area is 165 Å². The predicted molar refractivity (Wildman–Crippen MR) is 104 cm³/mol. The van der Waals surface area contributed by atoms with Crippen LogP contribution >= 0.6 is 0 Å². The van der Waals surface area contributed by atoms with E-state index in [0.717, 1.165) is 17.8 Å². The van der Waals surface area contributed by atoms with E-state index in [1.54, 1.807) is 6.07 Å². The monoisotopic (exact) mass is 404 g/mol. The lowest BCUT2D eigenvalue weighted by Gasteiger charge is -2.12. The lowest BCUT2D eigenvalue weighted by Crippen LogP contribution is -2.13. The van der Waals surface area contributed by atoms with Crippen LogP contribution in [0.4, 0.5) is 36.7 Å². The SMILES string of the molecule is OCCNc1nc(NCc2cccc(C(F)(F)F)c2)nc(Nc2ccccc2)n1. The van der Waals surface area contributed by atoms with Crippen molar-refractivity contribution in [2.75, 3.05) is 29.1 Å². The molecule has 0 aliphatic rings. The Morgan fingerprint density at radius 2 is 1.52 bits per heavy atom. The lowest BCUT2D eigenvalue weighted by atomic mass is 10.1. The number of anilines is 4. The van der Waals surface area contributed by atoms with E-state index in [-0.39, 0.29) is 37.5 Å². The van der Waals surface area contributed by atoms with Crippen molar-refractivity contribution in [3.63, 3.8) is 0 Å². The normalized spacial score (nSPS) is 11.2. The first kappa shape index (κ1) is 20.3. The molecule has 0 amide bonds. The van der Waals surface area contributed by atoms with Gasteiger partial charge in [-0.3, -0.25) is 0 Å². The van der Waals surface area contributed by atoms with Gasteiger partial charge >= 0.3 is 6.18 Å². The van der Waals surface area contributed by atoms with Gasteiger partial charge in [0.1, 0.15) is 0 Å². The summed E-state index contributed by atoms with van der Waals surface area (Å²) >= 11 is 0. The zero-order valence-electron chi connectivity index (χ0n) is 15.2. The minimum atomic E-state index is -4.41. The van der Waals surface area contributed by atoms with Crippen molar-refractivity contribution in [1.29, 1.82) is 0 Å². The molecule has 1 heterocycles. The zero-order valence-corrected chi connectivity index (χ0v) is 15.2. The highest BCUT2D eigenvalue weighted by atomic mass is 19.4. The molecular formula is C19H19F3N6O. The van der Waals surface area contributed by atoms with Crippen molar-refractivity contribution in [1.82, 2.24) is 15.0 Å². The molecule has 0 radical (unpaired) electrons. The van der Waals surface area contributed by atoms with E-state index in [2.05, 4.69) is 30.9 Å². The highest BCUT2D eigenvalue weighted by Gasteiger charge is 2.30. The molecule has 10 heteroatoms. The van der Waals surface area contributed by atoms with Gasteiger partial charge in [0.15, 0.2) is 0 Å². The molecule has 0 saturated carbocycles. The first-order valence-corrected chi connectivity index (χ1v) is 8.77. The van der Waals surface area contributed by atoms with Crippen LogP contribution in [0.15, 0.2) is 54.6 Å². The molecule has 3 rings (SSSR count). The second-order valence-electron chi connectivity index (χ2n) is 6.00. The number of alkyl halides is 3. The summed E-state index contributed by atoms with van der Waals surface area (Å²) in [7, 11) is 0. The fourth-order valence-corrected chi connectivity index (χ4v) is 2.45. The Bertz CT molecular complexity index is 937. The molecule has 0 saturated heterocycles. The third kappa shape index (κ3) is 6.04. The van der Waals surface area contributed by atoms with Crippen LogP contribution in [0, 0.1) is 0 Å². The van der Waals surface area contributed by atoms with Gasteiger partial charge in [0.25, 0.3) is 0 Å². The van der Waals surface area contributed by atoms with Crippen molar-refractivity contribution in [2.24, 2.45) is 0 Å². The molecule has 2 aromatic carbocycles. The predicted octanol–water partition coefficient (Wildman–Crippen LogP) is 3.65. The highest BCUT2D eigenvalue weighted by Crippen LogP contribution is 2.29. The number of aromatic nitrogens is 3. The maximum Gasteiger partial charge on any atom is 0.416 e. The second-order valence-corrected chi connectivity index (χ2v) is 6.00. The van der Waals surface area contributed by atoms with E-state index in [4.69, 9.17) is 5.11 Å². The smallest absolute Gasteiger partial charge is 0.395 e. The molecule has 0 atom stereocenters. The van der Waals surface area contributed by atoms with Crippen LogP contribution in [0.25, 0.3) is 0 Å². The van der Waals surface area contributed by atoms with Crippen LogP contribution in [0.2, 0.25) is 0 Å². The van der Waals surface area contributed by atoms with Crippen molar-refractivity contribution in [3.05, 3.63) is 65.7 Å². The Morgan fingerprint density at radius 3 is 2.21 bits per heavy atom. The number of hydrogen-bond donors (Lipinski definition) is 4. The first-order chi connectivity index (χ1) is 13.9. The summed E-state index contributed by atoms with van der Waals surface area (Å²) in [4.78, 5) is 12.7. The van der Waals surface area contributed by atoms with E-state index < -0.39 is 11.7 Å². The fraction of sp³-hybridized carbons (Fsp3) is 0.211. The minimum Gasteiger partial charge on any atom is -0.395 e. The van der Waals surface area contributed by atoms with Crippen LogP contribution in [-0.2, 0) is 12.7 Å². The molecule has 0 fully saturated rings. The molecule has 4 N–H and O–H groups in total. The molecule has 29 heavy (non-hydrogen) atoms. The van der Waals surface area contributed by atoms with Gasteiger partial charge in [0, 0.05) is 18.8 Å². The van der Waals surface area contributed by atoms with Crippen molar-refractivity contribution < 1.29 is 18.3 Å². The molecule has 1 aromatic heterocycles. The summed E-state index contributed by atoms with van der Waals surface area (Å²) < 4.78 is 38.6. The summed E-state index contributed by atoms with van der Waals surface area (Å²) in [6.07, 6.45) is -4.41. The first-order valence-electron chi connectivity index (χ1n) is 8.77. The van der Waals surface area contributed by atoms with E-state index >= 15 is 0 Å². The molecule has 3 aromatic rings. The topological polar surface area (TPSA) is 95.0 Å². The number of aliphatic hydroxyl groups excluding tert-OH is 1. The fourth-order valence-electron chi connectivity index (χ4n) is 2.45. The quantitative estimate of drug-likeness (QED) is 0.455. The van der Waals surface area contributed by atoms with Gasteiger partial charge < -0.3 is 21.1 Å². The molecule has 0 spiro atoms. The highest BCUT2D eigenvalue weighted by molar-refractivity contribution is 5.55. The molecular weight excluding hydrogens is 385 g/mol. The minimum absolute atomic E-state index is 0.0954. The summed E-state index contributed by atoms with van der Waals surface area (Å²) in [6, 6.07) is 14.3. The molecule has 0 bridgehead atoms. The van der Waals surface area contributed by atoms with Gasteiger partial charge in [0.05, 0.1) is 12.2 Å². The Morgan fingerprint density at radius 1 is 0.828 bits per heavy atom. The van der Waals surface area contributed by atoms with Crippen molar-refractivity contribution in [3.8, 4) is 0 Å². The van der Waals surface area contributed by atoms with Crippen molar-refractivity contribution in [2.45, 2.75) is 12.7 Å². The number of nitrogens with one attached hydrogen (secondary N) is 3. The number of nitrogens with zero attached hydrogens (tertiary/aromatic N) is 3. The Hall–Kier alpha value is -3.40. The van der Waals surface area contributed by atoms with Gasteiger partial charge in [-0.15, -0.1) is 0 Å². The average molecular weight is 404 g/mol. The molecule has 7 nitrogen and oxygen atoms in total. The van der Waals surface area contributed by atoms with E-state index in [0.29, 0.717) is 5.56 Å². The molecule has 0 aliphatic heterocycles. The number of hydrogen-bond acceptors (Lipinski definition) is 7. The van der Waals surface area contributed by atoms with Gasteiger partial charge in [-0.05, 0) is 29.8 Å². The number of benzene rings is 2. The molecule has 0 unspecified atom stereocenters. The van der Waals surface area contributed by atoms with E-state index in [1.165, 1.54) is 6.07 Å². The number of para-hydroxylation sites is 1. The van der Waals surface area contributed by atoms with Crippen LogP contribution < -0.4 is 16.0 Å². The standard InChI is InChI=1S/C19H19F3N6O/c20-19(21,22)14-6-4-5-13(11-14)12-24-17-26-16(23-9-10-29)27-18(28-17)25-15-7-2-1-3-8-15/h1-8,11,29H,9-10,12H2,(H3,23,24,25,26,27,28). The second kappa shape index (κ2) is 9.20. The van der Waals surface area contributed by atoms with E-state index in [1.807, 2.05) is 30.3 Å². The largest absolute Gasteiger partial charge is 0.416 e. The Balaban J connectivity index is 1.77. The van der Waals surface area contributed by atoms with E-state index in [9.17, 15) is 13.2 Å². The molecule has 0 aliphatic carbocycles. The van der Waals surface area contributed by atoms with Crippen LogP contribution in [0.1, 0.15) is 11.1 Å². The van der Waals surface area contributed by atoms with Gasteiger partial charge in [-0.25, -0.2) is 0 Å². The number of rotatable bonds is 8. The number of aliphatic hydroxyl groups is 1. The van der Waals surface area contributed by atoms with Gasteiger partial charge in [-0.1, -0.05) is 30.3 Å². The average Bonchev–Trinajstić information content (AvgIpc) is 2.71. The summed E-state index contributed by atoms with van der Waals surface area (Å²) in [6.45, 7) is 0.222. The zero-order chi connectivity index (χ0) is 20.7. The van der Waals surface area contributed by atoms with Gasteiger partial charge in [-0.2, -0.15) is 28.1 Å². The van der Waals surface area contributed by atoms with Crippen LogP contribution in [0.5, 0.6) is 0 Å². The molecule has 152 valence electrons. The maximum atomic E-state index is 12.9. The lowest BCUT2D eigenvalue weighted by molar-refractivity contribution is -0.137. The maximum absolute atomic E-state index is 12.9. The van der Waals surface area contributed by atoms with Crippen molar-refractivity contribution >= 4 is 23.5 Å².